The van der Waals surface area contributed by atoms with Crippen molar-refractivity contribution in [3.8, 4) is 0 Å². The highest BCUT2D eigenvalue weighted by Crippen LogP contribution is 2.37. The van der Waals surface area contributed by atoms with E-state index in [0.29, 0.717) is 25.4 Å². The lowest BCUT2D eigenvalue weighted by atomic mass is 9.90. The van der Waals surface area contributed by atoms with E-state index < -0.39 is 42.3 Å². The van der Waals surface area contributed by atoms with Gasteiger partial charge in [-0.2, -0.15) is 0 Å². The Kier molecular flexibility index (Phi) is 12.0. The van der Waals surface area contributed by atoms with Crippen LogP contribution >= 0.6 is 0 Å². The molecule has 9 heteroatoms. The SMILES string of the molecule is C=C1CC(C)CC2CC=CC(C/C=C\C(=O)OC(C(C=CC3CC(C)=CCO3)OC(C)=O)CC3OC3C(OC(C)=O)C1)O2. The minimum atomic E-state index is -0.867. The van der Waals surface area contributed by atoms with Crippen molar-refractivity contribution >= 4 is 17.9 Å². The topological polar surface area (TPSA) is 110 Å². The van der Waals surface area contributed by atoms with E-state index in [9.17, 15) is 14.4 Å². The zero-order valence-electron chi connectivity index (χ0n) is 25.8. The Morgan fingerprint density at radius 2 is 1.88 bits per heavy atom. The van der Waals surface area contributed by atoms with Gasteiger partial charge in [-0.05, 0) is 51.0 Å². The summed E-state index contributed by atoms with van der Waals surface area (Å²) in [5, 5.41) is 0. The fraction of sp³-hybridized carbons (Fsp3) is 0.618. The largest absolute Gasteiger partial charge is 0.459 e. The van der Waals surface area contributed by atoms with Crippen LogP contribution in [0.1, 0.15) is 72.6 Å². The number of fused-ring (bicyclic) bond motifs is 3. The first-order chi connectivity index (χ1) is 20.5. The molecular formula is C34H46O9. The van der Waals surface area contributed by atoms with E-state index in [1.165, 1.54) is 25.5 Å². The molecule has 0 aromatic heterocycles. The van der Waals surface area contributed by atoms with Crippen molar-refractivity contribution in [2.75, 3.05) is 6.61 Å². The summed E-state index contributed by atoms with van der Waals surface area (Å²) in [6.07, 6.45) is 14.1. The molecule has 0 amide bonds. The molecule has 0 spiro atoms. The number of epoxide rings is 1. The van der Waals surface area contributed by atoms with Gasteiger partial charge in [-0.1, -0.05) is 55.0 Å². The number of rotatable bonds is 5. The summed E-state index contributed by atoms with van der Waals surface area (Å²) in [6, 6.07) is 0. The summed E-state index contributed by atoms with van der Waals surface area (Å²) in [7, 11) is 0. The highest BCUT2D eigenvalue weighted by molar-refractivity contribution is 5.82. The molecule has 0 aromatic carbocycles. The number of hydrogen-bond donors (Lipinski definition) is 0. The smallest absolute Gasteiger partial charge is 0.330 e. The van der Waals surface area contributed by atoms with E-state index in [-0.39, 0.29) is 30.8 Å². The van der Waals surface area contributed by atoms with Crippen LogP contribution in [0.3, 0.4) is 0 Å². The highest BCUT2D eigenvalue weighted by atomic mass is 16.6. The molecule has 0 aliphatic carbocycles. The summed E-state index contributed by atoms with van der Waals surface area (Å²) in [6.45, 7) is 11.7. The third kappa shape index (κ3) is 10.9. The molecule has 4 rings (SSSR count). The second kappa shape index (κ2) is 15.6. The van der Waals surface area contributed by atoms with Gasteiger partial charge in [-0.3, -0.25) is 9.59 Å². The minimum Gasteiger partial charge on any atom is -0.459 e. The van der Waals surface area contributed by atoms with Crippen LogP contribution in [0.15, 0.2) is 60.3 Å². The van der Waals surface area contributed by atoms with E-state index in [1.807, 2.05) is 25.2 Å². The van der Waals surface area contributed by atoms with Crippen molar-refractivity contribution in [1.82, 2.24) is 0 Å². The molecule has 0 radical (unpaired) electrons. The van der Waals surface area contributed by atoms with Gasteiger partial charge in [0.1, 0.15) is 18.3 Å². The Morgan fingerprint density at radius 3 is 2.63 bits per heavy atom. The molecule has 1 saturated heterocycles. The molecule has 43 heavy (non-hydrogen) atoms. The molecule has 0 aromatic rings. The standard InChI is InChI=1S/C34H46O9/c1-21-14-15-38-27(17-21)12-13-29(39-24(4)35)30-20-32-34(43-32)31(40-25(5)36)19-23(3)16-22(2)18-28-10-6-8-26(41-28)9-7-11-33(37)42-30/h6-8,11-14,22,26-32,34H,3,9-10,15-20H2,1-2,4-5H3/b11-7-,13-12?. The lowest BCUT2D eigenvalue weighted by Gasteiger charge is -2.28. The van der Waals surface area contributed by atoms with Gasteiger partial charge in [0.15, 0.2) is 6.10 Å². The maximum Gasteiger partial charge on any atom is 0.330 e. The van der Waals surface area contributed by atoms with Crippen molar-refractivity contribution in [3.05, 3.63) is 60.3 Å². The van der Waals surface area contributed by atoms with Gasteiger partial charge < -0.3 is 28.4 Å². The van der Waals surface area contributed by atoms with Crippen LogP contribution in [0.2, 0.25) is 0 Å². The van der Waals surface area contributed by atoms with Gasteiger partial charge in [-0.25, -0.2) is 4.79 Å². The minimum absolute atomic E-state index is 0.0746. The lowest BCUT2D eigenvalue weighted by molar-refractivity contribution is -0.160. The van der Waals surface area contributed by atoms with Crippen LogP contribution in [-0.2, 0) is 42.8 Å². The van der Waals surface area contributed by atoms with Crippen LogP contribution in [0.25, 0.3) is 0 Å². The van der Waals surface area contributed by atoms with Gasteiger partial charge in [-0.15, -0.1) is 0 Å². The van der Waals surface area contributed by atoms with Gasteiger partial charge in [0, 0.05) is 32.8 Å². The Morgan fingerprint density at radius 1 is 1.07 bits per heavy atom. The van der Waals surface area contributed by atoms with E-state index in [1.54, 1.807) is 12.2 Å². The average molecular weight is 599 g/mol. The molecule has 2 bridgehead atoms. The fourth-order valence-corrected chi connectivity index (χ4v) is 6.05. The van der Waals surface area contributed by atoms with E-state index in [0.717, 1.165) is 31.3 Å². The molecule has 236 valence electrons. The van der Waals surface area contributed by atoms with Crippen LogP contribution in [0.5, 0.6) is 0 Å². The van der Waals surface area contributed by atoms with Gasteiger partial charge in [0.05, 0.1) is 31.0 Å². The predicted octanol–water partition coefficient (Wildman–Crippen LogP) is 5.25. The molecule has 4 heterocycles. The molecule has 9 atom stereocenters. The van der Waals surface area contributed by atoms with E-state index in [4.69, 9.17) is 28.4 Å². The summed E-state index contributed by atoms with van der Waals surface area (Å²) in [5.74, 6) is -1.14. The summed E-state index contributed by atoms with van der Waals surface area (Å²) in [4.78, 5) is 37.2. The van der Waals surface area contributed by atoms with Crippen LogP contribution in [-0.4, -0.2) is 73.3 Å². The number of cyclic esters (lactones) is 1. The molecule has 4 aliphatic heterocycles. The van der Waals surface area contributed by atoms with Gasteiger partial charge in [0.2, 0.25) is 0 Å². The zero-order valence-corrected chi connectivity index (χ0v) is 25.8. The Hall–Kier alpha value is -3.01. The third-order valence-corrected chi connectivity index (χ3v) is 8.02. The average Bonchev–Trinajstić information content (AvgIpc) is 3.68. The maximum absolute atomic E-state index is 13.0. The van der Waals surface area contributed by atoms with Crippen LogP contribution in [0, 0.1) is 5.92 Å². The predicted molar refractivity (Wildman–Crippen MR) is 160 cm³/mol. The summed E-state index contributed by atoms with van der Waals surface area (Å²) in [5.41, 5.74) is 2.18. The van der Waals surface area contributed by atoms with Crippen LogP contribution < -0.4 is 0 Å². The fourth-order valence-electron chi connectivity index (χ4n) is 6.05. The van der Waals surface area contributed by atoms with E-state index in [2.05, 4.69) is 19.6 Å². The molecule has 4 aliphatic rings. The van der Waals surface area contributed by atoms with Crippen molar-refractivity contribution in [3.63, 3.8) is 0 Å². The summed E-state index contributed by atoms with van der Waals surface area (Å²) >= 11 is 0. The number of ether oxygens (including phenoxy) is 6. The van der Waals surface area contributed by atoms with E-state index >= 15 is 0 Å². The number of esters is 3. The monoisotopic (exact) mass is 598 g/mol. The number of hydrogen-bond acceptors (Lipinski definition) is 9. The Labute approximate surface area is 254 Å². The van der Waals surface area contributed by atoms with Crippen molar-refractivity contribution < 1.29 is 42.8 Å². The third-order valence-electron chi connectivity index (χ3n) is 8.02. The maximum atomic E-state index is 13.0. The van der Waals surface area contributed by atoms with Gasteiger partial charge in [0.25, 0.3) is 0 Å². The number of carbonyl (C=O) groups excluding carboxylic acids is 3. The second-order valence-corrected chi connectivity index (χ2v) is 12.2. The molecule has 9 nitrogen and oxygen atoms in total. The molecule has 0 saturated carbocycles. The van der Waals surface area contributed by atoms with Crippen molar-refractivity contribution in [2.45, 2.75) is 121 Å². The normalized spacial score (nSPS) is 35.4. The highest BCUT2D eigenvalue weighted by Gasteiger charge is 2.49. The molecular weight excluding hydrogens is 552 g/mol. The molecule has 0 N–H and O–H groups in total. The van der Waals surface area contributed by atoms with Gasteiger partial charge >= 0.3 is 17.9 Å². The van der Waals surface area contributed by atoms with Crippen LogP contribution in [0.4, 0.5) is 0 Å². The first-order valence-electron chi connectivity index (χ1n) is 15.4. The first kappa shape index (κ1) is 32.9. The second-order valence-electron chi connectivity index (χ2n) is 12.2. The Balaban J connectivity index is 1.57. The first-order valence-corrected chi connectivity index (χ1v) is 15.4. The summed E-state index contributed by atoms with van der Waals surface area (Å²) < 4.78 is 35.3. The zero-order chi connectivity index (χ0) is 30.9. The van der Waals surface area contributed by atoms with Crippen molar-refractivity contribution in [1.29, 1.82) is 0 Å². The Bertz CT molecular complexity index is 1130. The number of carbonyl (C=O) groups is 3. The quantitative estimate of drug-likeness (QED) is 0.181. The molecule has 1 fully saturated rings. The molecule has 9 unspecified atom stereocenters. The van der Waals surface area contributed by atoms with Crippen molar-refractivity contribution in [2.24, 2.45) is 5.92 Å². The lowest BCUT2D eigenvalue weighted by Crippen LogP contribution is -2.36.